The summed E-state index contributed by atoms with van der Waals surface area (Å²) in [5.41, 5.74) is 5.88. The van der Waals surface area contributed by atoms with Crippen molar-refractivity contribution in [3.8, 4) is 11.8 Å². The van der Waals surface area contributed by atoms with E-state index in [0.717, 1.165) is 92.3 Å². The van der Waals surface area contributed by atoms with Gasteiger partial charge in [-0.3, -0.25) is 9.88 Å². The number of rotatable bonds is 10. The number of hydrogen-bond acceptors (Lipinski definition) is 8. The van der Waals surface area contributed by atoms with Crippen molar-refractivity contribution in [2.75, 3.05) is 26.8 Å². The minimum absolute atomic E-state index is 0.183. The van der Waals surface area contributed by atoms with Crippen molar-refractivity contribution in [2.24, 2.45) is 5.92 Å². The van der Waals surface area contributed by atoms with Crippen LogP contribution in [0.15, 0.2) is 54.6 Å². The molecule has 2 aromatic heterocycles. The number of aryl methyl sites for hydroxylation is 1. The highest BCUT2D eigenvalue weighted by molar-refractivity contribution is 5.93. The molecule has 4 aromatic rings. The number of aromatic nitrogens is 3. The van der Waals surface area contributed by atoms with Crippen LogP contribution in [0.1, 0.15) is 58.0 Å². The van der Waals surface area contributed by atoms with Gasteiger partial charge in [0.15, 0.2) is 0 Å². The highest BCUT2D eigenvalue weighted by Crippen LogP contribution is 2.27. The van der Waals surface area contributed by atoms with Gasteiger partial charge in [-0.25, -0.2) is 9.78 Å². The highest BCUT2D eigenvalue weighted by Gasteiger charge is 2.25. The first-order valence-corrected chi connectivity index (χ1v) is 15.0. The first-order chi connectivity index (χ1) is 21.0. The van der Waals surface area contributed by atoms with Crippen LogP contribution in [0.5, 0.6) is 5.75 Å². The number of ether oxygens (including phenoxy) is 3. The maximum absolute atomic E-state index is 12.2. The molecule has 0 amide bonds. The van der Waals surface area contributed by atoms with Crippen LogP contribution in [-0.2, 0) is 35.6 Å². The van der Waals surface area contributed by atoms with Gasteiger partial charge in [0, 0.05) is 12.3 Å². The number of piperidine rings is 1. The topological polar surface area (TPSA) is 102 Å². The first kappa shape index (κ1) is 28.8. The lowest BCUT2D eigenvalue weighted by Gasteiger charge is -2.32. The summed E-state index contributed by atoms with van der Waals surface area (Å²) < 4.78 is 18.9. The predicted molar refractivity (Wildman–Crippen MR) is 162 cm³/mol. The summed E-state index contributed by atoms with van der Waals surface area (Å²) in [6.07, 6.45) is 4.34. The molecular weight excluding hydrogens is 542 g/mol. The summed E-state index contributed by atoms with van der Waals surface area (Å²) >= 11 is 0. The fourth-order valence-corrected chi connectivity index (χ4v) is 5.95. The van der Waals surface area contributed by atoms with E-state index in [2.05, 4.69) is 21.6 Å². The van der Waals surface area contributed by atoms with Crippen LogP contribution >= 0.6 is 0 Å². The number of likely N-dealkylation sites (tertiary alicyclic amines) is 1. The van der Waals surface area contributed by atoms with Crippen molar-refractivity contribution >= 4 is 17.0 Å². The molecule has 1 atom stereocenters. The Labute approximate surface area is 252 Å². The van der Waals surface area contributed by atoms with Gasteiger partial charge in [0.05, 0.1) is 54.2 Å². The number of carbonyl (C=O) groups is 1. The molecule has 2 saturated heterocycles. The molecule has 43 heavy (non-hydrogen) atoms. The minimum atomic E-state index is -0.342. The van der Waals surface area contributed by atoms with Gasteiger partial charge in [0.25, 0.3) is 0 Å². The van der Waals surface area contributed by atoms with Crippen molar-refractivity contribution in [3.05, 3.63) is 88.5 Å². The van der Waals surface area contributed by atoms with Crippen LogP contribution in [0.4, 0.5) is 0 Å². The van der Waals surface area contributed by atoms with Crippen LogP contribution in [-0.4, -0.2) is 58.3 Å². The second-order valence-corrected chi connectivity index (χ2v) is 11.6. The summed E-state index contributed by atoms with van der Waals surface area (Å²) in [6.45, 7) is 6.58. The molecule has 0 saturated carbocycles. The standard InChI is InChI=1S/C34H37N5O4/c1-23-6-9-32(26(16-23)19-35)43-22-28-5-3-4-27(36-28)17-24-10-13-38(14-11-24)21-33-37-30-8-7-25(34(40)41-2)18-31(30)39(33)20-29-12-15-42-29/h3-9,16,18,24,29H,10-15,17,20-22H2,1-2H3. The molecule has 4 heterocycles. The Kier molecular flexibility index (Phi) is 8.68. The summed E-state index contributed by atoms with van der Waals surface area (Å²) in [7, 11) is 1.40. The van der Waals surface area contributed by atoms with Crippen molar-refractivity contribution in [2.45, 2.75) is 58.4 Å². The van der Waals surface area contributed by atoms with Gasteiger partial charge in [-0.1, -0.05) is 12.1 Å². The number of hydrogen-bond donors (Lipinski definition) is 0. The van der Waals surface area contributed by atoms with Gasteiger partial charge < -0.3 is 18.8 Å². The Bertz CT molecular complexity index is 1650. The molecule has 9 heteroatoms. The lowest BCUT2D eigenvalue weighted by Crippen LogP contribution is -2.36. The lowest BCUT2D eigenvalue weighted by molar-refractivity contribution is -0.0592. The third-order valence-corrected chi connectivity index (χ3v) is 8.49. The zero-order valence-electron chi connectivity index (χ0n) is 24.8. The van der Waals surface area contributed by atoms with Gasteiger partial charge in [-0.15, -0.1) is 0 Å². The van der Waals surface area contributed by atoms with E-state index in [1.165, 1.54) is 7.11 Å². The van der Waals surface area contributed by atoms with E-state index < -0.39 is 0 Å². The SMILES string of the molecule is COC(=O)c1ccc2nc(CN3CCC(Cc4cccc(COc5ccc(C)cc5C#N)n4)CC3)n(CC3CCO3)c2c1. The minimum Gasteiger partial charge on any atom is -0.486 e. The van der Waals surface area contributed by atoms with Gasteiger partial charge in [0.1, 0.15) is 24.3 Å². The largest absolute Gasteiger partial charge is 0.486 e. The second kappa shape index (κ2) is 12.9. The Hall–Kier alpha value is -4.26. The second-order valence-electron chi connectivity index (χ2n) is 11.6. The van der Waals surface area contributed by atoms with E-state index in [9.17, 15) is 10.1 Å². The molecule has 2 aromatic carbocycles. The molecule has 0 spiro atoms. The summed E-state index contributed by atoms with van der Waals surface area (Å²) in [5, 5.41) is 9.42. The third-order valence-electron chi connectivity index (χ3n) is 8.49. The molecule has 0 bridgehead atoms. The van der Waals surface area contributed by atoms with Crippen LogP contribution in [0.25, 0.3) is 11.0 Å². The van der Waals surface area contributed by atoms with E-state index in [-0.39, 0.29) is 12.1 Å². The van der Waals surface area contributed by atoms with Gasteiger partial charge in [-0.2, -0.15) is 5.26 Å². The van der Waals surface area contributed by atoms with Crippen LogP contribution in [0.2, 0.25) is 0 Å². The van der Waals surface area contributed by atoms with Crippen LogP contribution in [0.3, 0.4) is 0 Å². The number of nitrogens with zero attached hydrogens (tertiary/aromatic N) is 5. The number of esters is 1. The number of pyridine rings is 1. The molecule has 6 rings (SSSR count). The Morgan fingerprint density at radius 3 is 2.63 bits per heavy atom. The van der Waals surface area contributed by atoms with Crippen molar-refractivity contribution in [1.29, 1.82) is 5.26 Å². The van der Waals surface area contributed by atoms with E-state index in [0.29, 0.717) is 29.4 Å². The molecular formula is C34H37N5O4. The van der Waals surface area contributed by atoms with Gasteiger partial charge in [-0.05, 0) is 99.6 Å². The van der Waals surface area contributed by atoms with Crippen LogP contribution in [0, 0.1) is 24.2 Å². The van der Waals surface area contributed by atoms with E-state index in [1.54, 1.807) is 6.07 Å². The highest BCUT2D eigenvalue weighted by atomic mass is 16.5. The maximum atomic E-state index is 12.2. The normalized spacial score (nSPS) is 17.4. The quantitative estimate of drug-likeness (QED) is 0.236. The average molecular weight is 580 g/mol. The van der Waals surface area contributed by atoms with Gasteiger partial charge in [0.2, 0.25) is 0 Å². The molecule has 0 aliphatic carbocycles. The van der Waals surface area contributed by atoms with Gasteiger partial charge >= 0.3 is 5.97 Å². The summed E-state index contributed by atoms with van der Waals surface area (Å²) in [6, 6.07) is 19.5. The number of carbonyl (C=O) groups excluding carboxylic acids is 1. The molecule has 1 unspecified atom stereocenters. The fourth-order valence-electron chi connectivity index (χ4n) is 5.95. The predicted octanol–water partition coefficient (Wildman–Crippen LogP) is 5.22. The third kappa shape index (κ3) is 6.71. The fraction of sp³-hybridized carbons (Fsp3) is 0.412. The number of nitriles is 1. The lowest BCUT2D eigenvalue weighted by atomic mass is 9.92. The Morgan fingerprint density at radius 1 is 1.07 bits per heavy atom. The molecule has 222 valence electrons. The van der Waals surface area contributed by atoms with E-state index >= 15 is 0 Å². The zero-order valence-corrected chi connectivity index (χ0v) is 24.8. The molecule has 2 aliphatic heterocycles. The van der Waals surface area contributed by atoms with Crippen molar-refractivity contribution in [1.82, 2.24) is 19.4 Å². The monoisotopic (exact) mass is 579 g/mol. The molecule has 0 radical (unpaired) electrons. The number of fused-ring (bicyclic) bond motifs is 1. The van der Waals surface area contributed by atoms with Crippen molar-refractivity contribution < 1.29 is 19.0 Å². The maximum Gasteiger partial charge on any atom is 0.337 e. The molecule has 2 fully saturated rings. The van der Waals surface area contributed by atoms with Crippen molar-refractivity contribution in [3.63, 3.8) is 0 Å². The summed E-state index contributed by atoms with van der Waals surface area (Å²) in [4.78, 5) is 24.5. The van der Waals surface area contributed by atoms with Crippen LogP contribution < -0.4 is 4.74 Å². The van der Waals surface area contributed by atoms with E-state index in [4.69, 9.17) is 24.2 Å². The zero-order chi connectivity index (χ0) is 29.8. The number of benzene rings is 2. The Morgan fingerprint density at radius 2 is 1.88 bits per heavy atom. The summed E-state index contributed by atoms with van der Waals surface area (Å²) in [5.74, 6) is 1.82. The average Bonchev–Trinajstić information content (AvgIpc) is 3.34. The number of imidazole rings is 1. The number of methoxy groups -OCH3 is 1. The Balaban J connectivity index is 1.07. The molecule has 2 aliphatic rings. The smallest absolute Gasteiger partial charge is 0.337 e. The molecule has 9 nitrogen and oxygen atoms in total. The molecule has 0 N–H and O–H groups in total. The van der Waals surface area contributed by atoms with E-state index in [1.807, 2.05) is 49.4 Å². The first-order valence-electron chi connectivity index (χ1n) is 15.0.